The molecule has 2 amide bonds. The van der Waals surface area contributed by atoms with E-state index in [0.29, 0.717) is 79.3 Å². The lowest BCUT2D eigenvalue weighted by Gasteiger charge is -2.31. The third-order valence-electron chi connectivity index (χ3n) is 10.8. The highest BCUT2D eigenvalue weighted by Crippen LogP contribution is 2.42. The molecule has 3 fully saturated rings. The van der Waals surface area contributed by atoms with Crippen molar-refractivity contribution in [2.24, 2.45) is 5.92 Å². The van der Waals surface area contributed by atoms with Crippen molar-refractivity contribution in [3.05, 3.63) is 47.7 Å². The molecule has 0 aliphatic carbocycles. The standard InChI is InChI=1S/C37H41F3N6O4/c1-4-26-29(39)9-8-23-15-25(48)16-27(30(23)26)32-31(40)33-28(18-41-32)34(45-12-5-7-22(10-14-45)35(49)44(3)21(2)47)43-36(42-33)50-20-37-11-6-13-46(37)19-24(38)17-37/h8-9,15-16,18,22,24,48H,4-7,10-14,17,19-20H2,1-3H3/t22?,24-,37+/m1/s1. The van der Waals surface area contributed by atoms with Crippen molar-refractivity contribution in [1.29, 1.82) is 0 Å². The van der Waals surface area contributed by atoms with Gasteiger partial charge in [-0.3, -0.25) is 24.4 Å². The van der Waals surface area contributed by atoms with Crippen molar-refractivity contribution >= 4 is 39.3 Å². The van der Waals surface area contributed by atoms with Crippen LogP contribution in [0.2, 0.25) is 0 Å². The predicted molar refractivity (Wildman–Crippen MR) is 183 cm³/mol. The van der Waals surface area contributed by atoms with Gasteiger partial charge in [0, 0.05) is 57.7 Å². The highest BCUT2D eigenvalue weighted by Gasteiger charge is 2.49. The Bertz CT molecular complexity index is 1990. The molecule has 3 aliphatic rings. The number of aromatic nitrogens is 3. The average Bonchev–Trinajstić information content (AvgIpc) is 3.50. The zero-order chi connectivity index (χ0) is 35.3. The third-order valence-corrected chi connectivity index (χ3v) is 10.8. The molecule has 7 rings (SSSR count). The lowest BCUT2D eigenvalue weighted by molar-refractivity contribution is -0.144. The lowest BCUT2D eigenvalue weighted by Crippen LogP contribution is -2.43. The van der Waals surface area contributed by atoms with Gasteiger partial charge in [0.25, 0.3) is 0 Å². The molecule has 2 aromatic carbocycles. The average molecular weight is 691 g/mol. The number of anilines is 1. The number of alkyl halides is 1. The van der Waals surface area contributed by atoms with Gasteiger partial charge in [-0.1, -0.05) is 13.0 Å². The number of amides is 2. The van der Waals surface area contributed by atoms with Crippen molar-refractivity contribution in [2.45, 2.75) is 70.5 Å². The molecule has 5 heterocycles. The number of imide groups is 1. The number of ether oxygens (including phenoxy) is 1. The molecule has 2 aromatic heterocycles. The van der Waals surface area contributed by atoms with Crippen molar-refractivity contribution in [3.8, 4) is 23.0 Å². The number of phenols is 1. The fourth-order valence-electron chi connectivity index (χ4n) is 8.18. The van der Waals surface area contributed by atoms with Crippen LogP contribution in [-0.4, -0.2) is 93.2 Å². The minimum atomic E-state index is -0.956. The van der Waals surface area contributed by atoms with Crippen LogP contribution in [0.5, 0.6) is 11.8 Å². The van der Waals surface area contributed by atoms with E-state index in [0.717, 1.165) is 24.3 Å². The van der Waals surface area contributed by atoms with Gasteiger partial charge in [-0.2, -0.15) is 9.97 Å². The Morgan fingerprint density at radius 3 is 2.72 bits per heavy atom. The highest BCUT2D eigenvalue weighted by atomic mass is 19.1. The summed E-state index contributed by atoms with van der Waals surface area (Å²) in [6.07, 6.45) is 4.53. The molecule has 3 saturated heterocycles. The van der Waals surface area contributed by atoms with Gasteiger partial charge in [0.1, 0.15) is 41.4 Å². The summed E-state index contributed by atoms with van der Waals surface area (Å²) in [4.78, 5) is 44.0. The molecule has 1 unspecified atom stereocenters. The summed E-state index contributed by atoms with van der Waals surface area (Å²) < 4.78 is 52.8. The molecule has 50 heavy (non-hydrogen) atoms. The first-order valence-electron chi connectivity index (χ1n) is 17.4. The zero-order valence-electron chi connectivity index (χ0n) is 28.5. The normalized spacial score (nSPS) is 22.6. The van der Waals surface area contributed by atoms with Crippen LogP contribution in [0.4, 0.5) is 19.0 Å². The maximum atomic E-state index is 17.0. The zero-order valence-corrected chi connectivity index (χ0v) is 28.5. The predicted octanol–water partition coefficient (Wildman–Crippen LogP) is 5.96. The number of rotatable bonds is 7. The van der Waals surface area contributed by atoms with Gasteiger partial charge in [-0.25, -0.2) is 13.2 Å². The Kier molecular flexibility index (Phi) is 9.04. The van der Waals surface area contributed by atoms with Crippen molar-refractivity contribution < 1.29 is 32.6 Å². The maximum Gasteiger partial charge on any atom is 0.319 e. The Balaban J connectivity index is 1.32. The fraction of sp³-hybridized carbons (Fsp3) is 0.486. The molecule has 4 aromatic rings. The molecule has 0 spiro atoms. The molecular formula is C37H41F3N6O4. The molecule has 13 heteroatoms. The number of phenolic OH excluding ortho intramolecular Hbond substituents is 1. The molecular weight excluding hydrogens is 649 g/mol. The lowest BCUT2D eigenvalue weighted by atomic mass is 9.94. The number of carbonyl (C=O) groups excluding carboxylic acids is 2. The number of hydrogen-bond donors (Lipinski definition) is 1. The molecule has 264 valence electrons. The quantitative estimate of drug-likeness (QED) is 0.251. The number of fused-ring (bicyclic) bond motifs is 3. The molecule has 0 radical (unpaired) electrons. The number of nitrogens with zero attached hydrogens (tertiary/aromatic N) is 6. The van der Waals surface area contributed by atoms with E-state index >= 15 is 8.78 Å². The van der Waals surface area contributed by atoms with E-state index in [1.165, 1.54) is 38.4 Å². The number of aryl methyl sites for hydroxylation is 1. The Labute approximate surface area is 288 Å². The number of pyridine rings is 1. The first-order valence-corrected chi connectivity index (χ1v) is 17.4. The molecule has 0 saturated carbocycles. The van der Waals surface area contributed by atoms with E-state index in [-0.39, 0.29) is 52.9 Å². The molecule has 10 nitrogen and oxygen atoms in total. The number of hydrogen-bond acceptors (Lipinski definition) is 9. The van der Waals surface area contributed by atoms with Crippen LogP contribution < -0.4 is 9.64 Å². The number of carbonyl (C=O) groups is 2. The topological polar surface area (TPSA) is 112 Å². The second-order valence-electron chi connectivity index (χ2n) is 13.9. The Morgan fingerprint density at radius 2 is 1.94 bits per heavy atom. The van der Waals surface area contributed by atoms with Gasteiger partial charge in [-0.15, -0.1) is 0 Å². The van der Waals surface area contributed by atoms with Crippen LogP contribution in [0.3, 0.4) is 0 Å². The largest absolute Gasteiger partial charge is 0.508 e. The summed E-state index contributed by atoms with van der Waals surface area (Å²) in [6.45, 7) is 5.33. The number of benzene rings is 2. The van der Waals surface area contributed by atoms with E-state index in [2.05, 4.69) is 14.9 Å². The van der Waals surface area contributed by atoms with E-state index in [1.54, 1.807) is 13.0 Å². The first-order chi connectivity index (χ1) is 24.0. The highest BCUT2D eigenvalue weighted by molar-refractivity contribution is 6.02. The van der Waals surface area contributed by atoms with Crippen LogP contribution in [0.15, 0.2) is 30.5 Å². The van der Waals surface area contributed by atoms with E-state index in [9.17, 15) is 19.1 Å². The van der Waals surface area contributed by atoms with Gasteiger partial charge in [0.05, 0.1) is 10.9 Å². The summed E-state index contributed by atoms with van der Waals surface area (Å²) >= 11 is 0. The second kappa shape index (κ2) is 13.3. The molecule has 3 aliphatic heterocycles. The van der Waals surface area contributed by atoms with E-state index < -0.39 is 23.3 Å². The minimum absolute atomic E-state index is 0.0651. The number of halogens is 3. The van der Waals surface area contributed by atoms with Gasteiger partial charge in [0.2, 0.25) is 11.8 Å². The monoisotopic (exact) mass is 690 g/mol. The van der Waals surface area contributed by atoms with Crippen molar-refractivity contribution in [2.75, 3.05) is 44.7 Å². The smallest absolute Gasteiger partial charge is 0.319 e. The number of aromatic hydroxyl groups is 1. The molecule has 3 atom stereocenters. The van der Waals surface area contributed by atoms with Gasteiger partial charge >= 0.3 is 6.01 Å². The van der Waals surface area contributed by atoms with E-state index in [1.807, 2.05) is 4.90 Å². The summed E-state index contributed by atoms with van der Waals surface area (Å²) in [6, 6.07) is 5.69. The van der Waals surface area contributed by atoms with Crippen molar-refractivity contribution in [1.82, 2.24) is 24.8 Å². The van der Waals surface area contributed by atoms with Crippen molar-refractivity contribution in [3.63, 3.8) is 0 Å². The first kappa shape index (κ1) is 34.0. The summed E-state index contributed by atoms with van der Waals surface area (Å²) in [5.74, 6) is -1.90. The molecule has 0 bridgehead atoms. The van der Waals surface area contributed by atoms with Gasteiger partial charge < -0.3 is 14.7 Å². The summed E-state index contributed by atoms with van der Waals surface area (Å²) in [7, 11) is 1.48. The van der Waals surface area contributed by atoms with Crippen LogP contribution in [0, 0.1) is 17.6 Å². The SMILES string of the molecule is CCc1c(F)ccc2cc(O)cc(-c3ncc4c(N5CCCC(C(=O)N(C)C(C)=O)CC5)nc(OC[C@@]56CCCN5C[C@H](F)C6)nc4c3F)c12. The second-order valence-corrected chi connectivity index (χ2v) is 13.9. The van der Waals surface area contributed by atoms with E-state index in [4.69, 9.17) is 9.72 Å². The van der Waals surface area contributed by atoms with Crippen LogP contribution >= 0.6 is 0 Å². The summed E-state index contributed by atoms with van der Waals surface area (Å²) in [5.41, 5.74) is -0.0628. The van der Waals surface area contributed by atoms with Crippen LogP contribution in [-0.2, 0) is 16.0 Å². The maximum absolute atomic E-state index is 17.0. The minimum Gasteiger partial charge on any atom is -0.508 e. The van der Waals surface area contributed by atoms with Crippen LogP contribution in [0.1, 0.15) is 57.9 Å². The fourth-order valence-corrected chi connectivity index (χ4v) is 8.18. The van der Waals surface area contributed by atoms with Gasteiger partial charge in [0.15, 0.2) is 5.82 Å². The van der Waals surface area contributed by atoms with Gasteiger partial charge in [-0.05, 0) is 79.6 Å². The van der Waals surface area contributed by atoms with Crippen LogP contribution in [0.25, 0.3) is 32.9 Å². The molecule has 1 N–H and O–H groups in total. The Hall–Kier alpha value is -4.52. The third kappa shape index (κ3) is 5.99. The summed E-state index contributed by atoms with van der Waals surface area (Å²) in [5, 5.41) is 11.9. The Morgan fingerprint density at radius 1 is 1.12 bits per heavy atom.